The SMILES string of the molecule is C=CCN(CC(=O)N(Cc1ccccc1)Cc1coc2ccc(C)cc2c1=O)C(=O)c1ccc(OCCCC)cc1. The summed E-state index contributed by atoms with van der Waals surface area (Å²) in [4.78, 5) is 43.5. The maximum Gasteiger partial charge on any atom is 0.254 e. The molecule has 0 radical (unpaired) electrons. The van der Waals surface area contributed by atoms with Crippen LogP contribution in [-0.2, 0) is 17.9 Å². The van der Waals surface area contributed by atoms with Gasteiger partial charge in [-0.15, -0.1) is 6.58 Å². The number of carbonyl (C=O) groups is 2. The maximum absolute atomic E-state index is 13.7. The molecule has 1 aromatic heterocycles. The molecule has 4 rings (SSSR count). The number of benzene rings is 3. The van der Waals surface area contributed by atoms with Gasteiger partial charge in [-0.2, -0.15) is 0 Å². The monoisotopic (exact) mass is 552 g/mol. The highest BCUT2D eigenvalue weighted by Crippen LogP contribution is 2.17. The van der Waals surface area contributed by atoms with Gasteiger partial charge in [-0.1, -0.05) is 61.4 Å². The summed E-state index contributed by atoms with van der Waals surface area (Å²) < 4.78 is 11.4. The molecule has 0 bridgehead atoms. The van der Waals surface area contributed by atoms with Crippen LogP contribution in [0.3, 0.4) is 0 Å². The molecule has 0 aliphatic rings. The summed E-state index contributed by atoms with van der Waals surface area (Å²) in [6, 6.07) is 21.9. The van der Waals surface area contributed by atoms with Crippen LogP contribution in [0.25, 0.3) is 11.0 Å². The summed E-state index contributed by atoms with van der Waals surface area (Å²) in [5, 5.41) is 0.472. The summed E-state index contributed by atoms with van der Waals surface area (Å²) in [6.07, 6.45) is 5.00. The van der Waals surface area contributed by atoms with Crippen molar-refractivity contribution in [1.82, 2.24) is 9.80 Å². The average Bonchev–Trinajstić information content (AvgIpc) is 2.99. The third kappa shape index (κ3) is 7.72. The molecule has 0 fully saturated rings. The maximum atomic E-state index is 13.7. The Hall–Kier alpha value is -4.65. The van der Waals surface area contributed by atoms with E-state index in [0.29, 0.717) is 34.5 Å². The van der Waals surface area contributed by atoms with E-state index in [0.717, 1.165) is 24.0 Å². The molecule has 4 aromatic rings. The molecule has 1 heterocycles. The van der Waals surface area contributed by atoms with Crippen molar-refractivity contribution in [2.45, 2.75) is 39.8 Å². The molecule has 0 aliphatic heterocycles. The summed E-state index contributed by atoms with van der Waals surface area (Å²) in [5.41, 5.74) is 2.98. The molecule has 3 aromatic carbocycles. The smallest absolute Gasteiger partial charge is 0.254 e. The van der Waals surface area contributed by atoms with Crippen molar-refractivity contribution in [2.24, 2.45) is 0 Å². The van der Waals surface area contributed by atoms with E-state index in [-0.39, 0.29) is 43.4 Å². The molecule has 0 atom stereocenters. The summed E-state index contributed by atoms with van der Waals surface area (Å²) in [6.45, 7) is 8.73. The van der Waals surface area contributed by atoms with E-state index < -0.39 is 0 Å². The van der Waals surface area contributed by atoms with Crippen molar-refractivity contribution in [1.29, 1.82) is 0 Å². The van der Waals surface area contributed by atoms with Crippen molar-refractivity contribution >= 4 is 22.8 Å². The Morgan fingerprint density at radius 2 is 1.73 bits per heavy atom. The van der Waals surface area contributed by atoms with Crippen LogP contribution in [0, 0.1) is 6.92 Å². The number of fused-ring (bicyclic) bond motifs is 1. The Morgan fingerprint density at radius 3 is 2.44 bits per heavy atom. The van der Waals surface area contributed by atoms with E-state index in [9.17, 15) is 14.4 Å². The van der Waals surface area contributed by atoms with E-state index in [1.54, 1.807) is 47.4 Å². The first kappa shape index (κ1) is 29.3. The van der Waals surface area contributed by atoms with Gasteiger partial charge >= 0.3 is 0 Å². The van der Waals surface area contributed by atoms with Crippen LogP contribution in [0.15, 0.2) is 101 Å². The molecule has 7 nitrogen and oxygen atoms in total. The van der Waals surface area contributed by atoms with Crippen LogP contribution in [0.4, 0.5) is 0 Å². The number of rotatable bonds is 13. The fourth-order valence-electron chi connectivity index (χ4n) is 4.48. The zero-order chi connectivity index (χ0) is 29.2. The van der Waals surface area contributed by atoms with Crippen molar-refractivity contribution in [3.63, 3.8) is 0 Å². The predicted octanol–water partition coefficient (Wildman–Crippen LogP) is 6.14. The van der Waals surface area contributed by atoms with Crippen LogP contribution in [-0.4, -0.2) is 41.3 Å². The zero-order valence-electron chi connectivity index (χ0n) is 23.7. The lowest BCUT2D eigenvalue weighted by atomic mass is 10.1. The van der Waals surface area contributed by atoms with Gasteiger partial charge in [-0.3, -0.25) is 14.4 Å². The average molecular weight is 553 g/mol. The second-order valence-electron chi connectivity index (χ2n) is 10.0. The second-order valence-corrected chi connectivity index (χ2v) is 10.0. The van der Waals surface area contributed by atoms with Crippen LogP contribution >= 0.6 is 0 Å². The number of ether oxygens (including phenoxy) is 1. The summed E-state index contributed by atoms with van der Waals surface area (Å²) >= 11 is 0. The van der Waals surface area contributed by atoms with E-state index in [1.165, 1.54) is 11.2 Å². The number of nitrogens with zero attached hydrogens (tertiary/aromatic N) is 2. The van der Waals surface area contributed by atoms with Gasteiger partial charge in [0.2, 0.25) is 5.91 Å². The van der Waals surface area contributed by atoms with Crippen LogP contribution in [0.2, 0.25) is 0 Å². The minimum Gasteiger partial charge on any atom is -0.494 e. The van der Waals surface area contributed by atoms with E-state index in [2.05, 4.69) is 13.5 Å². The van der Waals surface area contributed by atoms with Gasteiger partial charge in [0.15, 0.2) is 5.43 Å². The van der Waals surface area contributed by atoms with Crippen LogP contribution < -0.4 is 10.2 Å². The Kier molecular flexibility index (Phi) is 10.1. The summed E-state index contributed by atoms with van der Waals surface area (Å²) in [5.74, 6) is 0.103. The lowest BCUT2D eigenvalue weighted by Crippen LogP contribution is -2.43. The fraction of sp³-hybridized carbons (Fsp3) is 0.265. The lowest BCUT2D eigenvalue weighted by molar-refractivity contribution is -0.133. The molecule has 0 saturated carbocycles. The second kappa shape index (κ2) is 14.1. The number of aryl methyl sites for hydroxylation is 1. The molecule has 0 aliphatic carbocycles. The lowest BCUT2D eigenvalue weighted by Gasteiger charge is -2.27. The van der Waals surface area contributed by atoms with Gasteiger partial charge in [0.05, 0.1) is 30.4 Å². The fourth-order valence-corrected chi connectivity index (χ4v) is 4.48. The molecule has 0 unspecified atom stereocenters. The van der Waals surface area contributed by atoms with E-state index in [4.69, 9.17) is 9.15 Å². The molecular weight excluding hydrogens is 516 g/mol. The largest absolute Gasteiger partial charge is 0.494 e. The van der Waals surface area contributed by atoms with Gasteiger partial charge < -0.3 is 19.0 Å². The molecular formula is C34H36N2O5. The third-order valence-electron chi connectivity index (χ3n) is 6.76. The Labute approximate surface area is 240 Å². The van der Waals surface area contributed by atoms with Gasteiger partial charge in [0.25, 0.3) is 5.91 Å². The molecule has 41 heavy (non-hydrogen) atoms. The quantitative estimate of drug-likeness (QED) is 0.147. The van der Waals surface area contributed by atoms with E-state index >= 15 is 0 Å². The molecule has 2 amide bonds. The molecule has 212 valence electrons. The number of amides is 2. The predicted molar refractivity (Wildman–Crippen MR) is 161 cm³/mol. The number of unbranched alkanes of at least 4 members (excludes halogenated alkanes) is 1. The first-order chi connectivity index (χ1) is 19.9. The summed E-state index contributed by atoms with van der Waals surface area (Å²) in [7, 11) is 0. The highest BCUT2D eigenvalue weighted by molar-refractivity contribution is 5.96. The number of hydrogen-bond donors (Lipinski definition) is 0. The molecule has 0 saturated heterocycles. The molecule has 7 heteroatoms. The van der Waals surface area contributed by atoms with Crippen molar-refractivity contribution in [2.75, 3.05) is 19.7 Å². The third-order valence-corrected chi connectivity index (χ3v) is 6.76. The molecule has 0 N–H and O–H groups in total. The van der Waals surface area contributed by atoms with Crippen molar-refractivity contribution in [3.8, 4) is 5.75 Å². The first-order valence-corrected chi connectivity index (χ1v) is 13.9. The minimum atomic E-state index is -0.299. The van der Waals surface area contributed by atoms with Gasteiger partial charge in [-0.25, -0.2) is 0 Å². The van der Waals surface area contributed by atoms with Gasteiger partial charge in [0.1, 0.15) is 17.9 Å². The van der Waals surface area contributed by atoms with Crippen molar-refractivity contribution < 1.29 is 18.7 Å². The zero-order valence-corrected chi connectivity index (χ0v) is 23.7. The first-order valence-electron chi connectivity index (χ1n) is 13.9. The number of carbonyl (C=O) groups excluding carboxylic acids is 2. The Bertz CT molecular complexity index is 1540. The highest BCUT2D eigenvalue weighted by atomic mass is 16.5. The minimum absolute atomic E-state index is 0.0415. The van der Waals surface area contributed by atoms with Crippen molar-refractivity contribution in [3.05, 3.63) is 124 Å². The topological polar surface area (TPSA) is 80.1 Å². The standard InChI is InChI=1S/C34H36N2O5/c1-4-6-19-40-29-15-13-27(14-16-29)34(39)35(18-5-2)23-32(37)36(21-26-10-8-7-9-11-26)22-28-24-41-31-17-12-25(3)20-30(31)33(28)38/h5,7-17,20,24H,2,4,6,18-19,21-23H2,1,3H3. The Balaban J connectivity index is 1.56. The Morgan fingerprint density at radius 1 is 0.976 bits per heavy atom. The van der Waals surface area contributed by atoms with Gasteiger partial charge in [-0.05, 0) is 55.3 Å². The van der Waals surface area contributed by atoms with Crippen LogP contribution in [0.1, 0.15) is 46.8 Å². The van der Waals surface area contributed by atoms with Crippen LogP contribution in [0.5, 0.6) is 5.75 Å². The normalized spacial score (nSPS) is 10.8. The van der Waals surface area contributed by atoms with E-state index in [1.807, 2.05) is 43.3 Å². The van der Waals surface area contributed by atoms with Gasteiger partial charge in [0, 0.05) is 18.7 Å². The molecule has 0 spiro atoms. The number of hydrogen-bond acceptors (Lipinski definition) is 5. The highest BCUT2D eigenvalue weighted by Gasteiger charge is 2.23.